The van der Waals surface area contributed by atoms with Crippen LogP contribution in [0.1, 0.15) is 29.7 Å². The first-order valence-electron chi connectivity index (χ1n) is 0. The third kappa shape index (κ3) is 83.9. The quantitative estimate of drug-likeness (QED) is 0.328. The topological polar surface area (TPSA) is 0 Å². The van der Waals surface area contributed by atoms with E-state index in [2.05, 4.69) is 0 Å². The van der Waals surface area contributed by atoms with E-state index in [1.54, 1.807) is 0 Å². The summed E-state index contributed by atoms with van der Waals surface area (Å²) in [5.41, 5.74) is 0. The van der Waals surface area contributed by atoms with Crippen molar-refractivity contribution in [3.8, 4) is 0 Å². The molecule has 0 aliphatic carbocycles. The predicted molar refractivity (Wildman–Crippen MR) is 33.3 cm³/mol. The Labute approximate surface area is 218 Å². The first-order valence-corrected chi connectivity index (χ1v) is 0. The average Bonchev–Trinajstić information content (AvgIpc) is 0. The fourth-order valence-electron chi connectivity index (χ4n) is 0. The average molecular weight is 1510 g/mol. The largest absolute Gasteiger partial charge is 0.358 e. The van der Waals surface area contributed by atoms with Crippen LogP contribution >= 0.6 is 0 Å². The third-order valence-electron chi connectivity index (χ3n) is 0. The van der Waals surface area contributed by atoms with Gasteiger partial charge in [-0.15, -0.1) is 0 Å². The van der Waals surface area contributed by atoms with Crippen LogP contribution in [0.2, 0.25) is 0 Å². The second-order valence-electron chi connectivity index (χ2n) is 0. The zero-order valence-electron chi connectivity index (χ0n) is 4.00. The van der Waals surface area contributed by atoms with E-state index in [4.69, 9.17) is 0 Å². The van der Waals surface area contributed by atoms with Crippen molar-refractivity contribution in [3.05, 3.63) is 7.43 Å². The summed E-state index contributed by atoms with van der Waals surface area (Å²) in [4.78, 5) is 0. The first kappa shape index (κ1) is 116. The van der Waals surface area contributed by atoms with Crippen LogP contribution in [-0.4, -0.2) is 0 Å². The monoisotopic (exact) mass is 1510 g/mol. The van der Waals surface area contributed by atoms with Crippen molar-refractivity contribution >= 4 is 0 Å². The predicted octanol–water partition coefficient (Wildman–Crippen LogP) is 2.99. The summed E-state index contributed by atoms with van der Waals surface area (Å²) in [6.45, 7) is 0. The molecule has 0 aromatic rings. The molecule has 0 atom stereocenters. The maximum atomic E-state index is 0. The van der Waals surface area contributed by atoms with Crippen LogP contribution in [0.15, 0.2) is 0 Å². The van der Waals surface area contributed by atoms with Crippen LogP contribution in [-0.2, 0) is 0 Å². The Morgan fingerprint density at radius 2 is 0.273 bits per heavy atom. The fraction of sp³-hybridized carbons (Fsp3) is 0.800. The van der Waals surface area contributed by atoms with Gasteiger partial charge in [0, 0.05) is 187 Å². The Bertz CT molecular complexity index is 10.9. The molecule has 11 heavy (non-hydrogen) atoms. The van der Waals surface area contributed by atoms with Gasteiger partial charge in [0.05, 0.1) is 0 Å². The smallest absolute Gasteiger partial charge is 0 e. The summed E-state index contributed by atoms with van der Waals surface area (Å²) in [6, 6.07) is 0. The molecular formula is C5H19U6-. The van der Waals surface area contributed by atoms with E-state index in [1.165, 1.54) is 0 Å². The molecule has 0 bridgehead atoms. The van der Waals surface area contributed by atoms with E-state index in [0.29, 0.717) is 0 Å². The second-order valence-corrected chi connectivity index (χ2v) is 0. The molecule has 6 heteroatoms. The molecule has 0 spiro atoms. The zero-order chi connectivity index (χ0) is 0. The normalized spacial score (nSPS) is 0. The van der Waals surface area contributed by atoms with Crippen LogP contribution in [0.4, 0.5) is 0 Å². The van der Waals surface area contributed by atoms with Gasteiger partial charge in [0.2, 0.25) is 0 Å². The molecule has 0 N–H and O–H groups in total. The van der Waals surface area contributed by atoms with Crippen molar-refractivity contribution in [3.63, 3.8) is 0 Å². The summed E-state index contributed by atoms with van der Waals surface area (Å²) >= 11 is 0. The molecule has 0 aromatic carbocycles. The van der Waals surface area contributed by atoms with Gasteiger partial charge in [-0.3, -0.25) is 0 Å². The Morgan fingerprint density at radius 1 is 0.273 bits per heavy atom. The van der Waals surface area contributed by atoms with Gasteiger partial charge in [-0.25, -0.2) is 0 Å². The Hall–Kier alpha value is 6.31. The van der Waals surface area contributed by atoms with Gasteiger partial charge in [-0.1, -0.05) is 29.7 Å². The van der Waals surface area contributed by atoms with E-state index < -0.39 is 0 Å². The van der Waals surface area contributed by atoms with Crippen LogP contribution < -0.4 is 0 Å². The van der Waals surface area contributed by atoms with Gasteiger partial charge in [0.25, 0.3) is 0 Å². The van der Waals surface area contributed by atoms with Gasteiger partial charge in [-0.2, -0.15) is 0 Å². The van der Waals surface area contributed by atoms with Crippen molar-refractivity contribution in [1.82, 2.24) is 0 Å². The molecule has 0 saturated heterocycles. The van der Waals surface area contributed by atoms with E-state index in [-0.39, 0.29) is 224 Å². The van der Waals surface area contributed by atoms with Crippen LogP contribution in [0, 0.1) is 194 Å². The van der Waals surface area contributed by atoms with E-state index in [1.807, 2.05) is 0 Å². The summed E-state index contributed by atoms with van der Waals surface area (Å²) in [6.07, 6.45) is 0. The first-order chi connectivity index (χ1) is 0. The number of hydrogen-bond acceptors (Lipinski definition) is 0. The van der Waals surface area contributed by atoms with Gasteiger partial charge in [0.1, 0.15) is 0 Å². The SMILES string of the molecule is C.C.C.C.[CH3-].[U].[U].[U].[U].[U].[U]. The molecule has 0 heterocycles. The van der Waals surface area contributed by atoms with Gasteiger partial charge in [-0.05, 0) is 0 Å². The molecular weight excluding hydrogens is 1490 g/mol. The molecule has 0 fully saturated rings. The minimum absolute atomic E-state index is 0. The van der Waals surface area contributed by atoms with Gasteiger partial charge in [0.15, 0.2) is 0 Å². The molecule has 0 unspecified atom stereocenters. The van der Waals surface area contributed by atoms with Crippen LogP contribution in [0.5, 0.6) is 0 Å². The number of rotatable bonds is 0. The van der Waals surface area contributed by atoms with E-state index in [0.717, 1.165) is 0 Å². The minimum atomic E-state index is 0. The van der Waals surface area contributed by atoms with E-state index >= 15 is 0 Å². The third-order valence-corrected chi connectivity index (χ3v) is 0. The summed E-state index contributed by atoms with van der Waals surface area (Å²) < 4.78 is 0. The molecule has 0 aliphatic heterocycles. The van der Waals surface area contributed by atoms with Crippen molar-refractivity contribution < 1.29 is 187 Å². The van der Waals surface area contributed by atoms with Crippen molar-refractivity contribution in [2.75, 3.05) is 0 Å². The summed E-state index contributed by atoms with van der Waals surface area (Å²) in [5, 5.41) is 0. The molecule has 0 saturated carbocycles. The molecule has 0 aliphatic rings. The fourth-order valence-corrected chi connectivity index (χ4v) is 0. The van der Waals surface area contributed by atoms with Gasteiger partial charge >= 0.3 is 0 Å². The Morgan fingerprint density at radius 3 is 0.273 bits per heavy atom. The second kappa shape index (κ2) is 96.0. The number of hydrogen-bond donors (Lipinski definition) is 0. The van der Waals surface area contributed by atoms with Crippen molar-refractivity contribution in [1.29, 1.82) is 0 Å². The van der Waals surface area contributed by atoms with Gasteiger partial charge < -0.3 is 7.43 Å². The maximum absolute atomic E-state index is 0. The van der Waals surface area contributed by atoms with Crippen molar-refractivity contribution in [2.24, 2.45) is 0 Å². The summed E-state index contributed by atoms with van der Waals surface area (Å²) in [5.74, 6) is 0. The zero-order valence-corrected chi connectivity index (χ0v) is 29.0. The Balaban J connectivity index is 0. The van der Waals surface area contributed by atoms with Crippen LogP contribution in [0.25, 0.3) is 0 Å². The molecule has 0 radical (unpaired) electrons. The molecule has 0 nitrogen and oxygen atoms in total. The molecule has 0 aromatic heterocycles. The molecule has 0 rings (SSSR count). The van der Waals surface area contributed by atoms with Crippen molar-refractivity contribution in [2.45, 2.75) is 29.7 Å². The minimum Gasteiger partial charge on any atom is -0.358 e. The van der Waals surface area contributed by atoms with E-state index in [9.17, 15) is 0 Å². The molecule has 64 valence electrons. The van der Waals surface area contributed by atoms with Crippen LogP contribution in [0.3, 0.4) is 0 Å². The summed E-state index contributed by atoms with van der Waals surface area (Å²) in [7, 11) is 0. The Kier molecular flexibility index (Phi) is 1010. The maximum Gasteiger partial charge on any atom is 0 e. The molecule has 0 amide bonds. The standard InChI is InChI=1S/4CH4.CH3.6U/h4*1H4;1H3;;;;;;/q;;;;-1;;;;;;.